The van der Waals surface area contributed by atoms with Gasteiger partial charge in [-0.05, 0) is 18.2 Å². The van der Waals surface area contributed by atoms with Crippen molar-refractivity contribution in [3.8, 4) is 0 Å². The second kappa shape index (κ2) is 4.28. The van der Waals surface area contributed by atoms with E-state index in [1.165, 1.54) is 12.1 Å². The monoisotopic (exact) mass is 208 g/mol. The molecule has 12 heavy (non-hydrogen) atoms. The standard InChI is InChI=1S/C7H6ClFN2.ClH/c8-5-2-1-4(7(10)11)3-6(5)9;/h1-3H,(H3,10,11);1H. The Morgan fingerprint density at radius 3 is 2.50 bits per heavy atom. The Bertz CT molecular complexity index is 301. The summed E-state index contributed by atoms with van der Waals surface area (Å²) in [5, 5.41) is 7.01. The predicted octanol–water partition coefficient (Wildman–Crippen LogP) is 2.18. The first-order chi connectivity index (χ1) is 5.11. The maximum absolute atomic E-state index is 12.7. The van der Waals surface area contributed by atoms with Crippen LogP contribution < -0.4 is 5.73 Å². The molecule has 0 aromatic heterocycles. The van der Waals surface area contributed by atoms with Crippen molar-refractivity contribution >= 4 is 29.8 Å². The first kappa shape index (κ1) is 11.2. The van der Waals surface area contributed by atoms with Crippen molar-refractivity contribution in [2.45, 2.75) is 0 Å². The van der Waals surface area contributed by atoms with E-state index in [9.17, 15) is 4.39 Å². The minimum atomic E-state index is -0.556. The Morgan fingerprint density at radius 2 is 2.08 bits per heavy atom. The van der Waals surface area contributed by atoms with Gasteiger partial charge in [0.15, 0.2) is 0 Å². The molecule has 1 aromatic carbocycles. The lowest BCUT2D eigenvalue weighted by Crippen LogP contribution is -2.10. The number of hydrogen-bond acceptors (Lipinski definition) is 1. The fraction of sp³-hybridized carbons (Fsp3) is 0. The van der Waals surface area contributed by atoms with E-state index < -0.39 is 5.82 Å². The van der Waals surface area contributed by atoms with Crippen LogP contribution in [0.2, 0.25) is 5.02 Å². The van der Waals surface area contributed by atoms with Gasteiger partial charge in [-0.1, -0.05) is 11.6 Å². The molecule has 0 aliphatic rings. The van der Waals surface area contributed by atoms with Crippen LogP contribution in [-0.4, -0.2) is 5.84 Å². The Balaban J connectivity index is 0.00000121. The van der Waals surface area contributed by atoms with Gasteiger partial charge >= 0.3 is 0 Å². The second-order valence-corrected chi connectivity index (χ2v) is 2.45. The van der Waals surface area contributed by atoms with Gasteiger partial charge in [-0.25, -0.2) is 4.39 Å². The minimum Gasteiger partial charge on any atom is -0.384 e. The summed E-state index contributed by atoms with van der Waals surface area (Å²) in [6.07, 6.45) is 0. The molecule has 0 unspecified atom stereocenters. The van der Waals surface area contributed by atoms with Crippen LogP contribution in [0.15, 0.2) is 18.2 Å². The molecule has 1 aromatic rings. The first-order valence-electron chi connectivity index (χ1n) is 2.90. The molecule has 0 atom stereocenters. The third kappa shape index (κ3) is 2.36. The zero-order valence-corrected chi connectivity index (χ0v) is 7.55. The van der Waals surface area contributed by atoms with Gasteiger partial charge in [-0.3, -0.25) is 5.41 Å². The summed E-state index contributed by atoms with van der Waals surface area (Å²) in [5.74, 6) is -0.722. The van der Waals surface area contributed by atoms with Crippen LogP contribution in [0.3, 0.4) is 0 Å². The molecule has 0 spiro atoms. The Labute approximate surface area is 80.4 Å². The lowest BCUT2D eigenvalue weighted by Gasteiger charge is -1.98. The van der Waals surface area contributed by atoms with Crippen molar-refractivity contribution in [3.05, 3.63) is 34.6 Å². The molecule has 0 saturated carbocycles. The van der Waals surface area contributed by atoms with E-state index >= 15 is 0 Å². The molecule has 5 heteroatoms. The summed E-state index contributed by atoms with van der Waals surface area (Å²) in [4.78, 5) is 0. The third-order valence-electron chi connectivity index (χ3n) is 1.23. The number of benzene rings is 1. The third-order valence-corrected chi connectivity index (χ3v) is 1.54. The summed E-state index contributed by atoms with van der Waals surface area (Å²) in [6, 6.07) is 3.99. The van der Waals surface area contributed by atoms with E-state index in [1.54, 1.807) is 0 Å². The molecule has 0 amide bonds. The molecule has 0 aliphatic carbocycles. The van der Waals surface area contributed by atoms with Crippen LogP contribution in [0.1, 0.15) is 5.56 Å². The molecule has 1 rings (SSSR count). The number of halogens is 3. The predicted molar refractivity (Wildman–Crippen MR) is 49.7 cm³/mol. The summed E-state index contributed by atoms with van der Waals surface area (Å²) in [5.41, 5.74) is 5.45. The molecule has 66 valence electrons. The summed E-state index contributed by atoms with van der Waals surface area (Å²) < 4.78 is 12.7. The van der Waals surface area contributed by atoms with Crippen LogP contribution in [0.4, 0.5) is 4.39 Å². The van der Waals surface area contributed by atoms with Crippen molar-refractivity contribution in [2.75, 3.05) is 0 Å². The number of nitrogens with two attached hydrogens (primary N) is 1. The van der Waals surface area contributed by atoms with Gasteiger partial charge in [0.2, 0.25) is 0 Å². The van der Waals surface area contributed by atoms with Crippen LogP contribution in [-0.2, 0) is 0 Å². The topological polar surface area (TPSA) is 49.9 Å². The van der Waals surface area contributed by atoms with Crippen LogP contribution in [0.5, 0.6) is 0 Å². The van der Waals surface area contributed by atoms with Gasteiger partial charge in [0.25, 0.3) is 0 Å². The molecular formula is C7H7Cl2FN2. The number of hydrogen-bond donors (Lipinski definition) is 2. The highest BCUT2D eigenvalue weighted by Crippen LogP contribution is 2.14. The second-order valence-electron chi connectivity index (χ2n) is 2.04. The van der Waals surface area contributed by atoms with Gasteiger partial charge in [0.05, 0.1) is 5.02 Å². The maximum atomic E-state index is 12.7. The summed E-state index contributed by atoms with van der Waals surface area (Å²) in [6.45, 7) is 0. The van der Waals surface area contributed by atoms with E-state index in [4.69, 9.17) is 22.7 Å². The zero-order chi connectivity index (χ0) is 8.43. The number of amidine groups is 1. The highest BCUT2D eigenvalue weighted by molar-refractivity contribution is 6.30. The number of rotatable bonds is 1. The SMILES string of the molecule is Cl.N=C(N)c1ccc(Cl)c(F)c1. The van der Waals surface area contributed by atoms with Crippen molar-refractivity contribution < 1.29 is 4.39 Å². The van der Waals surface area contributed by atoms with E-state index in [0.29, 0.717) is 5.56 Å². The molecule has 0 aliphatic heterocycles. The molecule has 3 N–H and O–H groups in total. The lowest BCUT2D eigenvalue weighted by atomic mass is 10.2. The van der Waals surface area contributed by atoms with E-state index in [0.717, 1.165) is 6.07 Å². The molecule has 0 bridgehead atoms. The largest absolute Gasteiger partial charge is 0.384 e. The van der Waals surface area contributed by atoms with Crippen molar-refractivity contribution in [3.63, 3.8) is 0 Å². The quantitative estimate of drug-likeness (QED) is 0.540. The molecular weight excluding hydrogens is 202 g/mol. The van der Waals surface area contributed by atoms with E-state index in [2.05, 4.69) is 0 Å². The normalized spacial score (nSPS) is 8.83. The Morgan fingerprint density at radius 1 is 1.50 bits per heavy atom. The minimum absolute atomic E-state index is 0. The van der Waals surface area contributed by atoms with Crippen molar-refractivity contribution in [1.82, 2.24) is 0 Å². The fourth-order valence-electron chi connectivity index (χ4n) is 0.664. The molecule has 0 radical (unpaired) electrons. The van der Waals surface area contributed by atoms with E-state index in [1.807, 2.05) is 0 Å². The average Bonchev–Trinajstić information content (AvgIpc) is 1.94. The molecule has 0 saturated heterocycles. The number of nitrogen functional groups attached to an aromatic ring is 1. The Hall–Kier alpha value is -0.800. The van der Waals surface area contributed by atoms with Crippen LogP contribution in [0, 0.1) is 11.2 Å². The van der Waals surface area contributed by atoms with Crippen molar-refractivity contribution in [1.29, 1.82) is 5.41 Å². The molecule has 0 fully saturated rings. The average molecular weight is 209 g/mol. The Kier molecular flexibility index (Phi) is 4.00. The van der Waals surface area contributed by atoms with Gasteiger partial charge in [0.1, 0.15) is 11.7 Å². The first-order valence-corrected chi connectivity index (χ1v) is 3.28. The maximum Gasteiger partial charge on any atom is 0.142 e. The summed E-state index contributed by atoms with van der Waals surface area (Å²) in [7, 11) is 0. The van der Waals surface area contributed by atoms with Gasteiger partial charge < -0.3 is 5.73 Å². The molecule has 2 nitrogen and oxygen atoms in total. The summed E-state index contributed by atoms with van der Waals surface area (Å²) >= 11 is 5.40. The number of nitrogens with one attached hydrogen (secondary N) is 1. The lowest BCUT2D eigenvalue weighted by molar-refractivity contribution is 0.628. The molecule has 0 heterocycles. The zero-order valence-electron chi connectivity index (χ0n) is 5.97. The van der Waals surface area contributed by atoms with Crippen molar-refractivity contribution in [2.24, 2.45) is 5.73 Å². The van der Waals surface area contributed by atoms with Gasteiger partial charge in [-0.15, -0.1) is 12.4 Å². The van der Waals surface area contributed by atoms with Crippen LogP contribution in [0.25, 0.3) is 0 Å². The highest BCUT2D eigenvalue weighted by atomic mass is 35.5. The van der Waals surface area contributed by atoms with E-state index in [-0.39, 0.29) is 23.3 Å². The smallest absolute Gasteiger partial charge is 0.142 e. The van der Waals surface area contributed by atoms with Gasteiger partial charge in [0, 0.05) is 5.56 Å². The fourth-order valence-corrected chi connectivity index (χ4v) is 0.781. The highest BCUT2D eigenvalue weighted by Gasteiger charge is 2.01. The van der Waals surface area contributed by atoms with Gasteiger partial charge in [-0.2, -0.15) is 0 Å². The van der Waals surface area contributed by atoms with Crippen LogP contribution >= 0.6 is 24.0 Å².